The Hall–Kier alpha value is -2.76. The zero-order valence-corrected chi connectivity index (χ0v) is 11.0. The van der Waals surface area contributed by atoms with Crippen LogP contribution in [0.2, 0.25) is 0 Å². The standard InChI is InChI=1S/C14H12N2O4/c1-9-4-3-5-12(13(9)16(18)19)20-14-10(2)6-11(8-17)7-15-14/h3-8H,1-2H3. The number of carbonyl (C=O) groups excluding carboxylic acids is 1. The molecule has 2 aromatic rings. The molecule has 0 aliphatic rings. The largest absolute Gasteiger partial charge is 0.432 e. The number of nitrogens with zero attached hydrogens (tertiary/aromatic N) is 2. The number of para-hydroxylation sites is 1. The van der Waals surface area contributed by atoms with Gasteiger partial charge in [-0.3, -0.25) is 14.9 Å². The lowest BCUT2D eigenvalue weighted by Crippen LogP contribution is -1.98. The number of aromatic nitrogens is 1. The van der Waals surface area contributed by atoms with E-state index in [-0.39, 0.29) is 17.3 Å². The third-order valence-corrected chi connectivity index (χ3v) is 2.78. The number of rotatable bonds is 4. The topological polar surface area (TPSA) is 82.3 Å². The lowest BCUT2D eigenvalue weighted by molar-refractivity contribution is -0.386. The lowest BCUT2D eigenvalue weighted by Gasteiger charge is -2.09. The summed E-state index contributed by atoms with van der Waals surface area (Å²) in [5.41, 5.74) is 1.47. The van der Waals surface area contributed by atoms with Crippen molar-refractivity contribution >= 4 is 12.0 Å². The van der Waals surface area contributed by atoms with Gasteiger partial charge in [-0.15, -0.1) is 0 Å². The number of aldehydes is 1. The third-order valence-electron chi connectivity index (χ3n) is 2.78. The average Bonchev–Trinajstić information content (AvgIpc) is 2.40. The molecule has 1 aromatic carbocycles. The van der Waals surface area contributed by atoms with Crippen LogP contribution in [0.5, 0.6) is 11.6 Å². The summed E-state index contributed by atoms with van der Waals surface area (Å²) in [6.45, 7) is 3.36. The van der Waals surface area contributed by atoms with Crippen LogP contribution < -0.4 is 4.74 Å². The van der Waals surface area contributed by atoms with Gasteiger partial charge in [0.2, 0.25) is 11.6 Å². The van der Waals surface area contributed by atoms with Crippen molar-refractivity contribution in [1.29, 1.82) is 0 Å². The molecule has 0 fully saturated rings. The molecule has 0 N–H and O–H groups in total. The van der Waals surface area contributed by atoms with Crippen LogP contribution in [0.4, 0.5) is 5.69 Å². The van der Waals surface area contributed by atoms with Crippen LogP contribution >= 0.6 is 0 Å². The van der Waals surface area contributed by atoms with Crippen molar-refractivity contribution in [2.24, 2.45) is 0 Å². The normalized spacial score (nSPS) is 10.1. The molecule has 0 unspecified atom stereocenters. The molecule has 0 bridgehead atoms. The van der Waals surface area contributed by atoms with Crippen LogP contribution in [0.1, 0.15) is 21.5 Å². The first-order chi connectivity index (χ1) is 9.52. The molecule has 0 amide bonds. The summed E-state index contributed by atoms with van der Waals surface area (Å²) in [6.07, 6.45) is 2.04. The minimum absolute atomic E-state index is 0.0897. The Bertz CT molecular complexity index is 683. The van der Waals surface area contributed by atoms with Crippen molar-refractivity contribution in [1.82, 2.24) is 4.98 Å². The molecule has 0 spiro atoms. The summed E-state index contributed by atoms with van der Waals surface area (Å²) in [5, 5.41) is 11.1. The number of pyridine rings is 1. The van der Waals surface area contributed by atoms with Gasteiger partial charge in [0, 0.05) is 22.9 Å². The van der Waals surface area contributed by atoms with Crippen LogP contribution in [0.15, 0.2) is 30.5 Å². The molecule has 2 rings (SSSR count). The number of aryl methyl sites for hydroxylation is 2. The Morgan fingerprint density at radius 3 is 2.65 bits per heavy atom. The molecular formula is C14H12N2O4. The molecule has 0 aliphatic heterocycles. The summed E-state index contributed by atoms with van der Waals surface area (Å²) in [6, 6.07) is 6.43. The van der Waals surface area contributed by atoms with E-state index in [0.29, 0.717) is 23.0 Å². The molecule has 6 heteroatoms. The van der Waals surface area contributed by atoms with Crippen molar-refractivity contribution in [2.45, 2.75) is 13.8 Å². The summed E-state index contributed by atoms with van der Waals surface area (Å²) in [5.74, 6) is 0.369. The molecule has 0 atom stereocenters. The minimum atomic E-state index is -0.486. The highest BCUT2D eigenvalue weighted by molar-refractivity contribution is 5.74. The highest BCUT2D eigenvalue weighted by Crippen LogP contribution is 2.34. The van der Waals surface area contributed by atoms with Gasteiger partial charge in [-0.25, -0.2) is 4.98 Å². The van der Waals surface area contributed by atoms with Gasteiger partial charge in [0.1, 0.15) is 0 Å². The van der Waals surface area contributed by atoms with Crippen molar-refractivity contribution in [3.8, 4) is 11.6 Å². The number of hydrogen-bond acceptors (Lipinski definition) is 5. The maximum Gasteiger partial charge on any atom is 0.314 e. The molecule has 1 heterocycles. The third kappa shape index (κ3) is 2.64. The second kappa shape index (κ2) is 5.48. The van der Waals surface area contributed by atoms with E-state index < -0.39 is 4.92 Å². The number of hydrogen-bond donors (Lipinski definition) is 0. The molecule has 0 saturated carbocycles. The van der Waals surface area contributed by atoms with Gasteiger partial charge in [-0.2, -0.15) is 0 Å². The van der Waals surface area contributed by atoms with Crippen LogP contribution in [-0.2, 0) is 0 Å². The molecule has 1 aromatic heterocycles. The van der Waals surface area contributed by atoms with E-state index in [0.717, 1.165) is 0 Å². The first-order valence-electron chi connectivity index (χ1n) is 5.86. The van der Waals surface area contributed by atoms with E-state index in [1.807, 2.05) is 0 Å². The van der Waals surface area contributed by atoms with Gasteiger partial charge in [0.15, 0.2) is 6.29 Å². The van der Waals surface area contributed by atoms with E-state index in [4.69, 9.17) is 4.74 Å². The Morgan fingerprint density at radius 1 is 1.30 bits per heavy atom. The quantitative estimate of drug-likeness (QED) is 0.485. The predicted molar refractivity (Wildman–Crippen MR) is 72.3 cm³/mol. The predicted octanol–water partition coefficient (Wildman–Crippen LogP) is 3.21. The fourth-order valence-electron chi connectivity index (χ4n) is 1.81. The van der Waals surface area contributed by atoms with Crippen LogP contribution in [-0.4, -0.2) is 16.2 Å². The summed E-state index contributed by atoms with van der Waals surface area (Å²) in [4.78, 5) is 25.2. The van der Waals surface area contributed by atoms with Crippen LogP contribution in [0.3, 0.4) is 0 Å². The Kier molecular flexibility index (Phi) is 3.74. The maximum atomic E-state index is 11.1. The minimum Gasteiger partial charge on any atom is -0.432 e. The van der Waals surface area contributed by atoms with E-state index in [1.54, 1.807) is 32.0 Å². The second-order valence-electron chi connectivity index (χ2n) is 4.29. The maximum absolute atomic E-state index is 11.1. The Morgan fingerprint density at radius 2 is 2.05 bits per heavy atom. The Balaban J connectivity index is 2.42. The van der Waals surface area contributed by atoms with E-state index in [2.05, 4.69) is 4.98 Å². The van der Waals surface area contributed by atoms with Crippen LogP contribution in [0.25, 0.3) is 0 Å². The lowest BCUT2D eigenvalue weighted by atomic mass is 10.2. The van der Waals surface area contributed by atoms with Gasteiger partial charge < -0.3 is 4.74 Å². The summed E-state index contributed by atoms with van der Waals surface area (Å²) >= 11 is 0. The molecule has 0 radical (unpaired) electrons. The number of benzene rings is 1. The zero-order chi connectivity index (χ0) is 14.7. The summed E-state index contributed by atoms with van der Waals surface area (Å²) in [7, 11) is 0. The van der Waals surface area contributed by atoms with Crippen molar-refractivity contribution in [3.05, 3.63) is 57.3 Å². The van der Waals surface area contributed by atoms with Gasteiger partial charge in [-0.05, 0) is 26.0 Å². The monoisotopic (exact) mass is 272 g/mol. The fourth-order valence-corrected chi connectivity index (χ4v) is 1.81. The van der Waals surface area contributed by atoms with Gasteiger partial charge in [-0.1, -0.05) is 12.1 Å². The Labute approximate surface area is 115 Å². The first kappa shape index (κ1) is 13.7. The molecule has 20 heavy (non-hydrogen) atoms. The van der Waals surface area contributed by atoms with E-state index in [1.165, 1.54) is 12.3 Å². The van der Waals surface area contributed by atoms with Crippen molar-refractivity contribution in [2.75, 3.05) is 0 Å². The van der Waals surface area contributed by atoms with Crippen molar-refractivity contribution < 1.29 is 14.5 Å². The molecule has 0 aliphatic carbocycles. The molecule has 102 valence electrons. The van der Waals surface area contributed by atoms with Crippen molar-refractivity contribution in [3.63, 3.8) is 0 Å². The number of ether oxygens (including phenoxy) is 1. The zero-order valence-electron chi connectivity index (χ0n) is 11.0. The highest BCUT2D eigenvalue weighted by Gasteiger charge is 2.19. The molecule has 0 saturated heterocycles. The molecular weight excluding hydrogens is 260 g/mol. The van der Waals surface area contributed by atoms with Gasteiger partial charge in [0.05, 0.1) is 4.92 Å². The van der Waals surface area contributed by atoms with E-state index in [9.17, 15) is 14.9 Å². The number of nitro groups is 1. The van der Waals surface area contributed by atoms with Gasteiger partial charge >= 0.3 is 5.69 Å². The number of carbonyl (C=O) groups is 1. The number of nitro benzene ring substituents is 1. The SMILES string of the molecule is Cc1cc(C=O)cnc1Oc1cccc(C)c1[N+](=O)[O-]. The van der Waals surface area contributed by atoms with Gasteiger partial charge in [0.25, 0.3) is 0 Å². The smallest absolute Gasteiger partial charge is 0.314 e. The molecule has 6 nitrogen and oxygen atoms in total. The second-order valence-corrected chi connectivity index (χ2v) is 4.29. The van der Waals surface area contributed by atoms with E-state index >= 15 is 0 Å². The highest BCUT2D eigenvalue weighted by atomic mass is 16.6. The first-order valence-corrected chi connectivity index (χ1v) is 5.86. The van der Waals surface area contributed by atoms with Crippen LogP contribution in [0, 0.1) is 24.0 Å². The summed E-state index contributed by atoms with van der Waals surface area (Å²) < 4.78 is 5.51. The fraction of sp³-hybridized carbons (Fsp3) is 0.143. The average molecular weight is 272 g/mol.